The third-order valence-electron chi connectivity index (χ3n) is 4.64. The summed E-state index contributed by atoms with van der Waals surface area (Å²) in [5, 5.41) is 1.78. The summed E-state index contributed by atoms with van der Waals surface area (Å²) in [4.78, 5) is 38.2. The molecule has 4 rings (SSSR count). The van der Waals surface area contributed by atoms with Gasteiger partial charge in [0, 0.05) is 29.4 Å². The summed E-state index contributed by atoms with van der Waals surface area (Å²) in [6, 6.07) is 11.0. The van der Waals surface area contributed by atoms with E-state index in [2.05, 4.69) is 0 Å². The van der Waals surface area contributed by atoms with Crippen molar-refractivity contribution in [2.75, 3.05) is 7.11 Å². The number of allylic oxidation sites excluding steroid dienone is 2. The van der Waals surface area contributed by atoms with Gasteiger partial charge in [0.05, 0.1) is 0 Å². The quantitative estimate of drug-likeness (QED) is 0.811. The van der Waals surface area contributed by atoms with Crippen molar-refractivity contribution >= 4 is 28.1 Å². The van der Waals surface area contributed by atoms with Crippen molar-refractivity contribution in [1.82, 2.24) is 0 Å². The number of carbonyl (C=O) groups is 3. The molecule has 0 heterocycles. The van der Waals surface area contributed by atoms with Gasteiger partial charge in [0.1, 0.15) is 6.10 Å². The van der Waals surface area contributed by atoms with Crippen LogP contribution in [0.15, 0.2) is 59.2 Å². The van der Waals surface area contributed by atoms with Crippen LogP contribution in [0.3, 0.4) is 0 Å². The van der Waals surface area contributed by atoms with Crippen LogP contribution in [0.1, 0.15) is 27.6 Å². The minimum absolute atomic E-state index is 0.154. The fourth-order valence-corrected chi connectivity index (χ4v) is 3.40. The molecule has 118 valence electrons. The number of fused-ring (bicyclic) bond motifs is 2. The molecule has 0 bridgehead atoms. The van der Waals surface area contributed by atoms with Gasteiger partial charge in [0.25, 0.3) is 0 Å². The zero-order valence-electron chi connectivity index (χ0n) is 13.3. The number of benzene rings is 2. The molecule has 0 radical (unpaired) electrons. The van der Waals surface area contributed by atoms with E-state index >= 15 is 0 Å². The maximum absolute atomic E-state index is 13.0. The van der Waals surface area contributed by atoms with Crippen LogP contribution < -0.4 is 0 Å². The maximum Gasteiger partial charge on any atom is 0.194 e. The van der Waals surface area contributed by atoms with Crippen molar-refractivity contribution in [3.8, 4) is 0 Å². The monoisotopic (exact) mass is 318 g/mol. The highest BCUT2D eigenvalue weighted by molar-refractivity contribution is 6.32. The normalized spacial score (nSPS) is 20.2. The molecular formula is C20H14O4. The van der Waals surface area contributed by atoms with Crippen LogP contribution in [0.5, 0.6) is 0 Å². The van der Waals surface area contributed by atoms with Crippen molar-refractivity contribution in [1.29, 1.82) is 0 Å². The minimum Gasteiger partial charge on any atom is -0.368 e. The van der Waals surface area contributed by atoms with Gasteiger partial charge >= 0.3 is 0 Å². The van der Waals surface area contributed by atoms with E-state index in [4.69, 9.17) is 4.74 Å². The second kappa shape index (κ2) is 5.08. The lowest BCUT2D eigenvalue weighted by molar-refractivity contribution is -0.123. The van der Waals surface area contributed by atoms with Crippen LogP contribution >= 0.6 is 0 Å². The van der Waals surface area contributed by atoms with Gasteiger partial charge < -0.3 is 4.74 Å². The number of Topliss-reactive ketones (excluding diaryl/α,β-unsaturated/α-hetero) is 3. The molecule has 4 heteroatoms. The van der Waals surface area contributed by atoms with E-state index in [9.17, 15) is 14.4 Å². The summed E-state index contributed by atoms with van der Waals surface area (Å²) >= 11 is 0. The van der Waals surface area contributed by atoms with Crippen LogP contribution in [0.2, 0.25) is 0 Å². The number of carbonyl (C=O) groups excluding carboxylic acids is 3. The summed E-state index contributed by atoms with van der Waals surface area (Å²) in [6.45, 7) is 1.63. The first-order valence-electron chi connectivity index (χ1n) is 7.64. The van der Waals surface area contributed by atoms with E-state index in [0.29, 0.717) is 16.7 Å². The maximum atomic E-state index is 13.0. The van der Waals surface area contributed by atoms with E-state index in [1.54, 1.807) is 19.1 Å². The molecule has 2 aliphatic rings. The van der Waals surface area contributed by atoms with Gasteiger partial charge in [-0.1, -0.05) is 24.3 Å². The van der Waals surface area contributed by atoms with Crippen molar-refractivity contribution in [3.63, 3.8) is 0 Å². The van der Waals surface area contributed by atoms with E-state index in [1.807, 2.05) is 24.3 Å². The Hall–Kier alpha value is -2.85. The number of ketones is 3. The first-order valence-corrected chi connectivity index (χ1v) is 7.64. The van der Waals surface area contributed by atoms with Crippen LogP contribution in [-0.2, 0) is 9.53 Å². The molecule has 0 spiro atoms. The summed E-state index contributed by atoms with van der Waals surface area (Å²) < 4.78 is 5.24. The molecule has 2 aromatic carbocycles. The summed E-state index contributed by atoms with van der Waals surface area (Å²) in [7, 11) is 1.37. The molecule has 1 atom stereocenters. The van der Waals surface area contributed by atoms with Crippen molar-refractivity contribution in [2.45, 2.75) is 13.0 Å². The van der Waals surface area contributed by atoms with E-state index in [-0.39, 0.29) is 28.5 Å². The Morgan fingerprint density at radius 1 is 0.917 bits per heavy atom. The Morgan fingerprint density at radius 3 is 2.08 bits per heavy atom. The Labute approximate surface area is 138 Å². The second-order valence-corrected chi connectivity index (χ2v) is 6.04. The lowest BCUT2D eigenvalue weighted by Gasteiger charge is -2.28. The molecule has 2 aliphatic carbocycles. The largest absolute Gasteiger partial charge is 0.368 e. The number of hydrogen-bond acceptors (Lipinski definition) is 4. The molecule has 0 saturated carbocycles. The molecule has 0 fully saturated rings. The van der Waals surface area contributed by atoms with Crippen LogP contribution in [0, 0.1) is 0 Å². The Morgan fingerprint density at radius 2 is 1.50 bits per heavy atom. The predicted molar refractivity (Wildman–Crippen MR) is 89.2 cm³/mol. The Balaban J connectivity index is 2.01. The van der Waals surface area contributed by atoms with Crippen molar-refractivity contribution in [3.05, 3.63) is 70.3 Å². The van der Waals surface area contributed by atoms with Crippen LogP contribution in [-0.4, -0.2) is 30.6 Å². The number of rotatable bonds is 1. The summed E-state index contributed by atoms with van der Waals surface area (Å²) in [5.74, 6) is -0.824. The molecule has 2 aromatic rings. The molecule has 0 aromatic heterocycles. The standard InChI is InChI=1S/C20H14O4/c1-10-7-15-16(20(24-2)17(10)21)19(23)14-9-12-6-4-3-5-11(12)8-13(14)18(15)22/h3-9,20H,1-2H3. The third kappa shape index (κ3) is 1.87. The van der Waals surface area contributed by atoms with Crippen molar-refractivity contribution in [2.24, 2.45) is 0 Å². The van der Waals surface area contributed by atoms with E-state index in [1.165, 1.54) is 13.2 Å². The molecule has 0 N–H and O–H groups in total. The minimum atomic E-state index is -1.01. The number of hydrogen-bond donors (Lipinski definition) is 0. The highest BCUT2D eigenvalue weighted by Gasteiger charge is 2.41. The zero-order valence-corrected chi connectivity index (χ0v) is 13.3. The highest BCUT2D eigenvalue weighted by Crippen LogP contribution is 2.36. The average molecular weight is 318 g/mol. The first kappa shape index (κ1) is 14.7. The molecule has 4 nitrogen and oxygen atoms in total. The SMILES string of the molecule is COC1C(=O)C(C)=CC2=C1C(=O)c1cc3ccccc3cc1C2=O. The van der Waals surface area contributed by atoms with E-state index < -0.39 is 6.10 Å². The summed E-state index contributed by atoms with van der Waals surface area (Å²) in [6.07, 6.45) is 0.493. The van der Waals surface area contributed by atoms with Crippen LogP contribution in [0.4, 0.5) is 0 Å². The Bertz CT molecular complexity index is 1010. The topological polar surface area (TPSA) is 60.4 Å². The van der Waals surface area contributed by atoms with Gasteiger partial charge in [-0.15, -0.1) is 0 Å². The first-order chi connectivity index (χ1) is 11.5. The molecule has 0 amide bonds. The average Bonchev–Trinajstić information content (AvgIpc) is 2.60. The van der Waals surface area contributed by atoms with E-state index in [0.717, 1.165) is 10.8 Å². The van der Waals surface area contributed by atoms with Crippen LogP contribution in [0.25, 0.3) is 10.8 Å². The molecule has 24 heavy (non-hydrogen) atoms. The van der Waals surface area contributed by atoms with Crippen molar-refractivity contribution < 1.29 is 19.1 Å². The third-order valence-corrected chi connectivity index (χ3v) is 4.64. The summed E-state index contributed by atoms with van der Waals surface area (Å²) in [5.41, 5.74) is 1.56. The highest BCUT2D eigenvalue weighted by atomic mass is 16.5. The number of methoxy groups -OCH3 is 1. The number of ether oxygens (including phenoxy) is 1. The molecule has 0 aliphatic heterocycles. The Kier molecular flexibility index (Phi) is 3.11. The second-order valence-electron chi connectivity index (χ2n) is 6.04. The van der Waals surface area contributed by atoms with Gasteiger partial charge in [-0.25, -0.2) is 0 Å². The fourth-order valence-electron chi connectivity index (χ4n) is 3.40. The fraction of sp³-hybridized carbons (Fsp3) is 0.150. The molecule has 1 unspecified atom stereocenters. The van der Waals surface area contributed by atoms with Gasteiger partial charge in [-0.05, 0) is 41.5 Å². The van der Waals surface area contributed by atoms with Gasteiger partial charge in [0.2, 0.25) is 0 Å². The van der Waals surface area contributed by atoms with Gasteiger partial charge in [-0.3, -0.25) is 14.4 Å². The predicted octanol–water partition coefficient (Wildman–Crippen LogP) is 3.06. The molecular weight excluding hydrogens is 304 g/mol. The van der Waals surface area contributed by atoms with Gasteiger partial charge in [-0.2, -0.15) is 0 Å². The lowest BCUT2D eigenvalue weighted by Crippen LogP contribution is -2.37. The lowest BCUT2D eigenvalue weighted by atomic mass is 9.76. The smallest absolute Gasteiger partial charge is 0.194 e. The van der Waals surface area contributed by atoms with Gasteiger partial charge in [0.15, 0.2) is 17.3 Å². The molecule has 0 saturated heterocycles. The zero-order chi connectivity index (χ0) is 17.0.